The monoisotopic (exact) mass is 275 g/mol. The van der Waals surface area contributed by atoms with Crippen molar-refractivity contribution in [2.75, 3.05) is 26.7 Å². The van der Waals surface area contributed by atoms with Crippen LogP contribution in [0.2, 0.25) is 0 Å². The van der Waals surface area contributed by atoms with E-state index in [0.717, 1.165) is 18.7 Å². The summed E-state index contributed by atoms with van der Waals surface area (Å²) in [6.45, 7) is 6.51. The minimum Gasteiger partial charge on any atom is -0.366 e. The Kier molecular flexibility index (Phi) is 4.78. The Balaban J connectivity index is 1.83. The summed E-state index contributed by atoms with van der Waals surface area (Å²) < 4.78 is 0. The van der Waals surface area contributed by atoms with Gasteiger partial charge in [-0.3, -0.25) is 4.79 Å². The molecule has 1 aromatic carbocycles. The summed E-state index contributed by atoms with van der Waals surface area (Å²) >= 11 is 0. The molecule has 1 amide bonds. The fraction of sp³-hybridized carbons (Fsp3) is 0.562. The maximum atomic E-state index is 11.2. The summed E-state index contributed by atoms with van der Waals surface area (Å²) in [6.07, 6.45) is 2.47. The van der Waals surface area contributed by atoms with Crippen LogP contribution in [-0.4, -0.2) is 37.5 Å². The zero-order valence-corrected chi connectivity index (χ0v) is 12.5. The van der Waals surface area contributed by atoms with E-state index < -0.39 is 0 Å². The summed E-state index contributed by atoms with van der Waals surface area (Å²) in [5.74, 6) is -0.367. The molecule has 0 spiro atoms. The lowest BCUT2D eigenvalue weighted by molar-refractivity contribution is 0.1000. The van der Waals surface area contributed by atoms with Crippen LogP contribution >= 0.6 is 0 Å². The molecule has 2 rings (SSSR count). The molecule has 110 valence electrons. The molecular weight excluding hydrogens is 250 g/mol. The quantitative estimate of drug-likeness (QED) is 0.858. The zero-order valence-electron chi connectivity index (χ0n) is 12.5. The molecule has 0 atom stereocenters. The smallest absolute Gasteiger partial charge is 0.248 e. The van der Waals surface area contributed by atoms with Crippen LogP contribution in [0.4, 0.5) is 0 Å². The van der Waals surface area contributed by atoms with Crippen LogP contribution in [0, 0.1) is 5.41 Å². The van der Waals surface area contributed by atoms with Gasteiger partial charge in [0.25, 0.3) is 0 Å². The number of nitrogens with zero attached hydrogens (tertiary/aromatic N) is 1. The molecule has 1 aromatic rings. The van der Waals surface area contributed by atoms with E-state index in [4.69, 9.17) is 5.73 Å². The Morgan fingerprint density at radius 1 is 1.40 bits per heavy atom. The van der Waals surface area contributed by atoms with E-state index >= 15 is 0 Å². The highest BCUT2D eigenvalue weighted by molar-refractivity contribution is 5.92. The van der Waals surface area contributed by atoms with E-state index in [2.05, 4.69) is 24.2 Å². The van der Waals surface area contributed by atoms with Crippen molar-refractivity contribution in [2.24, 2.45) is 11.1 Å². The van der Waals surface area contributed by atoms with E-state index in [-0.39, 0.29) is 5.91 Å². The Bertz CT molecular complexity index is 465. The average Bonchev–Trinajstić information content (AvgIpc) is 2.43. The Morgan fingerprint density at radius 2 is 2.10 bits per heavy atom. The second-order valence-electron chi connectivity index (χ2n) is 6.28. The first-order valence-electron chi connectivity index (χ1n) is 7.27. The molecule has 4 nitrogen and oxygen atoms in total. The minimum absolute atomic E-state index is 0.367. The molecular formula is C16H25N3O. The molecule has 1 saturated heterocycles. The molecule has 0 aliphatic carbocycles. The summed E-state index contributed by atoms with van der Waals surface area (Å²) in [5.41, 5.74) is 7.37. The third kappa shape index (κ3) is 4.05. The predicted octanol–water partition coefficient (Wildman–Crippen LogP) is 1.61. The third-order valence-electron chi connectivity index (χ3n) is 4.29. The van der Waals surface area contributed by atoms with Crippen molar-refractivity contribution >= 4 is 5.91 Å². The van der Waals surface area contributed by atoms with Gasteiger partial charge in [0, 0.05) is 18.7 Å². The minimum atomic E-state index is -0.367. The standard InChI is InChI=1S/C16H25N3O/c1-16(6-8-19(2)9-7-16)12-18-11-13-4-3-5-14(10-13)15(17)20/h3-5,10,18H,6-9,11-12H2,1-2H3,(H2,17,20). The SMILES string of the molecule is CN1CCC(C)(CNCc2cccc(C(N)=O)c2)CC1. The van der Waals surface area contributed by atoms with Gasteiger partial charge in [-0.05, 0) is 56.1 Å². The average molecular weight is 275 g/mol. The predicted molar refractivity (Wildman–Crippen MR) is 81.5 cm³/mol. The highest BCUT2D eigenvalue weighted by Crippen LogP contribution is 2.29. The number of hydrogen-bond acceptors (Lipinski definition) is 3. The highest BCUT2D eigenvalue weighted by Gasteiger charge is 2.28. The summed E-state index contributed by atoms with van der Waals surface area (Å²) in [7, 11) is 2.18. The van der Waals surface area contributed by atoms with Gasteiger partial charge in [0.1, 0.15) is 0 Å². The van der Waals surface area contributed by atoms with E-state index in [1.165, 1.54) is 25.9 Å². The first-order valence-corrected chi connectivity index (χ1v) is 7.27. The number of nitrogens with one attached hydrogen (secondary N) is 1. The van der Waals surface area contributed by atoms with Gasteiger partial charge in [-0.2, -0.15) is 0 Å². The van der Waals surface area contributed by atoms with Crippen molar-refractivity contribution in [1.29, 1.82) is 0 Å². The van der Waals surface area contributed by atoms with Gasteiger partial charge in [-0.15, -0.1) is 0 Å². The normalized spacial score (nSPS) is 18.9. The number of carbonyl (C=O) groups is 1. The molecule has 0 bridgehead atoms. The second kappa shape index (κ2) is 6.37. The third-order valence-corrected chi connectivity index (χ3v) is 4.29. The molecule has 4 heteroatoms. The number of hydrogen-bond donors (Lipinski definition) is 2. The number of rotatable bonds is 5. The number of nitrogens with two attached hydrogens (primary N) is 1. The number of benzene rings is 1. The van der Waals surface area contributed by atoms with Crippen LogP contribution in [0.3, 0.4) is 0 Å². The first-order chi connectivity index (χ1) is 9.48. The number of primary amides is 1. The van der Waals surface area contributed by atoms with E-state index in [1.54, 1.807) is 6.07 Å². The summed E-state index contributed by atoms with van der Waals surface area (Å²) in [5, 5.41) is 3.52. The van der Waals surface area contributed by atoms with Crippen LogP contribution in [0.1, 0.15) is 35.7 Å². The summed E-state index contributed by atoms with van der Waals surface area (Å²) in [6, 6.07) is 7.53. The van der Waals surface area contributed by atoms with Crippen molar-refractivity contribution in [3.05, 3.63) is 35.4 Å². The molecule has 20 heavy (non-hydrogen) atoms. The molecule has 0 unspecified atom stereocenters. The molecule has 0 aromatic heterocycles. The van der Waals surface area contributed by atoms with E-state index in [1.807, 2.05) is 18.2 Å². The lowest BCUT2D eigenvalue weighted by Crippen LogP contribution is -2.41. The van der Waals surface area contributed by atoms with Crippen molar-refractivity contribution in [1.82, 2.24) is 10.2 Å². The van der Waals surface area contributed by atoms with Gasteiger partial charge in [0.05, 0.1) is 0 Å². The first kappa shape index (κ1) is 15.0. The van der Waals surface area contributed by atoms with Crippen molar-refractivity contribution in [3.8, 4) is 0 Å². The van der Waals surface area contributed by atoms with Crippen LogP contribution < -0.4 is 11.1 Å². The fourth-order valence-electron chi connectivity index (χ4n) is 2.68. The largest absolute Gasteiger partial charge is 0.366 e. The van der Waals surface area contributed by atoms with Gasteiger partial charge in [0.2, 0.25) is 5.91 Å². The van der Waals surface area contributed by atoms with Crippen molar-refractivity contribution in [2.45, 2.75) is 26.3 Å². The Hall–Kier alpha value is -1.39. The number of amides is 1. The van der Waals surface area contributed by atoms with Crippen LogP contribution in [0.15, 0.2) is 24.3 Å². The van der Waals surface area contributed by atoms with E-state index in [0.29, 0.717) is 11.0 Å². The summed E-state index contributed by atoms with van der Waals surface area (Å²) in [4.78, 5) is 13.5. The van der Waals surface area contributed by atoms with Gasteiger partial charge in [-0.25, -0.2) is 0 Å². The second-order valence-corrected chi connectivity index (χ2v) is 6.28. The fourth-order valence-corrected chi connectivity index (χ4v) is 2.68. The number of likely N-dealkylation sites (tertiary alicyclic amines) is 1. The maximum absolute atomic E-state index is 11.2. The van der Waals surface area contributed by atoms with Crippen LogP contribution in [0.5, 0.6) is 0 Å². The van der Waals surface area contributed by atoms with Gasteiger partial charge in [-0.1, -0.05) is 19.1 Å². The van der Waals surface area contributed by atoms with Crippen LogP contribution in [-0.2, 0) is 6.54 Å². The molecule has 0 radical (unpaired) electrons. The van der Waals surface area contributed by atoms with Gasteiger partial charge in [0.15, 0.2) is 0 Å². The topological polar surface area (TPSA) is 58.4 Å². The number of piperidine rings is 1. The highest BCUT2D eigenvalue weighted by atomic mass is 16.1. The lowest BCUT2D eigenvalue weighted by atomic mass is 9.80. The number of carbonyl (C=O) groups excluding carboxylic acids is 1. The Labute approximate surface area is 121 Å². The lowest BCUT2D eigenvalue weighted by Gasteiger charge is -2.38. The molecule has 1 aliphatic rings. The molecule has 1 heterocycles. The molecule has 3 N–H and O–H groups in total. The van der Waals surface area contributed by atoms with E-state index in [9.17, 15) is 4.79 Å². The van der Waals surface area contributed by atoms with Crippen molar-refractivity contribution in [3.63, 3.8) is 0 Å². The van der Waals surface area contributed by atoms with Gasteiger partial charge < -0.3 is 16.0 Å². The van der Waals surface area contributed by atoms with Gasteiger partial charge >= 0.3 is 0 Å². The maximum Gasteiger partial charge on any atom is 0.248 e. The van der Waals surface area contributed by atoms with Crippen LogP contribution in [0.25, 0.3) is 0 Å². The molecule has 1 fully saturated rings. The zero-order chi connectivity index (χ0) is 14.6. The molecule has 0 saturated carbocycles. The Morgan fingerprint density at radius 3 is 2.75 bits per heavy atom. The van der Waals surface area contributed by atoms with Crippen molar-refractivity contribution < 1.29 is 4.79 Å². The molecule has 1 aliphatic heterocycles.